The van der Waals surface area contributed by atoms with Crippen molar-refractivity contribution in [3.63, 3.8) is 0 Å². The quantitative estimate of drug-likeness (QED) is 0.0628. The van der Waals surface area contributed by atoms with Gasteiger partial charge in [-0.25, -0.2) is 18.4 Å². The third-order valence-corrected chi connectivity index (χ3v) is 11.9. The fourth-order valence-corrected chi connectivity index (χ4v) is 8.05. The number of hydrogen-bond acceptors (Lipinski definition) is 16. The minimum Gasteiger partial charge on any atom is -0.456 e. The standard InChI is InChI=1S/2C24H37FN2O8/c2*1-4-6-8-10-19(29)34-17-16-33-22(32-3)24(25,21(17)35-20(30)11-9-7-5-2)13-15-27-14-12-18(28)26-23(27)31/h2*12,14,17,21-22H,4-11,13,15-16H2,1-3H3,(H,26,28,31)/t17-,21-,22+,24-;17-,21-,22-,24-/m11/s1. The Hall–Kier alpha value is -5.06. The van der Waals surface area contributed by atoms with Gasteiger partial charge in [-0.2, -0.15) is 0 Å². The number of H-pyrrole nitrogens is 2. The minimum atomic E-state index is -2.43. The monoisotopic (exact) mass is 1000 g/mol. The van der Waals surface area contributed by atoms with E-state index >= 15 is 8.78 Å². The predicted octanol–water partition coefficient (Wildman–Crippen LogP) is 5.24. The number of hydrogen-bond donors (Lipinski definition) is 2. The molecule has 8 atom stereocenters. The molecule has 396 valence electrons. The maximum atomic E-state index is 16.6. The third-order valence-electron chi connectivity index (χ3n) is 11.9. The van der Waals surface area contributed by atoms with Gasteiger partial charge in [-0.05, 0) is 25.7 Å². The zero-order valence-electron chi connectivity index (χ0n) is 41.5. The van der Waals surface area contributed by atoms with Crippen LogP contribution >= 0.6 is 0 Å². The van der Waals surface area contributed by atoms with E-state index in [4.69, 9.17) is 37.9 Å². The summed E-state index contributed by atoms with van der Waals surface area (Å²) in [6, 6.07) is 2.28. The lowest BCUT2D eigenvalue weighted by Gasteiger charge is -2.45. The average Bonchev–Trinajstić information content (AvgIpc) is 3.31. The molecule has 2 aliphatic heterocycles. The van der Waals surface area contributed by atoms with Gasteiger partial charge in [-0.3, -0.25) is 38.7 Å². The predicted molar refractivity (Wildman–Crippen MR) is 249 cm³/mol. The summed E-state index contributed by atoms with van der Waals surface area (Å²) in [5.74, 6) is -2.30. The Balaban J connectivity index is 0.000000370. The number of aromatic nitrogens is 4. The lowest BCUT2D eigenvalue weighted by molar-refractivity contribution is -0.294. The molecule has 0 saturated carbocycles. The van der Waals surface area contributed by atoms with Gasteiger partial charge in [0.25, 0.3) is 11.1 Å². The number of halogens is 2. The van der Waals surface area contributed by atoms with Crippen LogP contribution in [-0.2, 0) is 70.2 Å². The van der Waals surface area contributed by atoms with Gasteiger partial charge in [0.1, 0.15) is 0 Å². The van der Waals surface area contributed by atoms with E-state index in [9.17, 15) is 38.4 Å². The second-order valence-electron chi connectivity index (χ2n) is 17.5. The molecule has 0 aromatic carbocycles. The molecular weight excluding hydrogens is 927 g/mol. The Morgan fingerprint density at radius 1 is 0.557 bits per heavy atom. The number of methoxy groups -OCH3 is 2. The van der Waals surface area contributed by atoms with Gasteiger partial charge in [-0.1, -0.05) is 79.1 Å². The molecule has 2 saturated heterocycles. The van der Waals surface area contributed by atoms with Gasteiger partial charge in [0.2, 0.25) is 11.3 Å². The highest BCUT2D eigenvalue weighted by Gasteiger charge is 2.59. The lowest BCUT2D eigenvalue weighted by atomic mass is 9.87. The molecule has 2 aromatic rings. The van der Waals surface area contributed by atoms with Crippen molar-refractivity contribution in [3.8, 4) is 0 Å². The number of esters is 4. The van der Waals surface area contributed by atoms with E-state index in [0.29, 0.717) is 25.7 Å². The van der Waals surface area contributed by atoms with Crippen LogP contribution in [0.15, 0.2) is 43.7 Å². The zero-order chi connectivity index (χ0) is 51.7. The maximum Gasteiger partial charge on any atom is 0.328 e. The Bertz CT molecular complexity index is 2010. The molecule has 22 heteroatoms. The van der Waals surface area contributed by atoms with Crippen LogP contribution < -0.4 is 22.5 Å². The van der Waals surface area contributed by atoms with Crippen LogP contribution in [0.2, 0.25) is 0 Å². The second kappa shape index (κ2) is 30.6. The lowest BCUT2D eigenvalue weighted by Crippen LogP contribution is -2.63. The van der Waals surface area contributed by atoms with Crippen LogP contribution in [0, 0.1) is 0 Å². The molecule has 2 N–H and O–H groups in total. The van der Waals surface area contributed by atoms with Gasteiger partial charge in [-0.15, -0.1) is 0 Å². The van der Waals surface area contributed by atoms with E-state index in [-0.39, 0.29) is 64.8 Å². The van der Waals surface area contributed by atoms with E-state index < -0.39 is 94.7 Å². The van der Waals surface area contributed by atoms with Crippen molar-refractivity contribution in [2.24, 2.45) is 0 Å². The largest absolute Gasteiger partial charge is 0.456 e. The average molecular weight is 1000 g/mol. The Kier molecular flexibility index (Phi) is 25.9. The summed E-state index contributed by atoms with van der Waals surface area (Å²) in [7, 11) is 2.50. The molecule has 70 heavy (non-hydrogen) atoms. The number of nitrogens with one attached hydrogen (secondary N) is 2. The van der Waals surface area contributed by atoms with Crippen LogP contribution in [0.5, 0.6) is 0 Å². The number of carbonyl (C=O) groups excluding carboxylic acids is 4. The zero-order valence-corrected chi connectivity index (χ0v) is 41.5. The van der Waals surface area contributed by atoms with Crippen LogP contribution in [0.25, 0.3) is 0 Å². The molecule has 0 bridgehead atoms. The molecule has 4 rings (SSSR count). The van der Waals surface area contributed by atoms with Crippen molar-refractivity contribution in [1.82, 2.24) is 19.1 Å². The number of rotatable bonds is 28. The van der Waals surface area contributed by atoms with Crippen LogP contribution in [0.1, 0.15) is 143 Å². The topological polar surface area (TPSA) is 252 Å². The number of aromatic amines is 2. The highest BCUT2D eigenvalue weighted by atomic mass is 19.1. The first kappa shape index (κ1) is 59.2. The number of alkyl halides is 2. The van der Waals surface area contributed by atoms with Crippen LogP contribution in [0.4, 0.5) is 8.78 Å². The molecule has 0 radical (unpaired) electrons. The molecule has 0 unspecified atom stereocenters. The van der Waals surface area contributed by atoms with Crippen LogP contribution in [-0.4, -0.2) is 119 Å². The van der Waals surface area contributed by atoms with Crippen molar-refractivity contribution in [2.75, 3.05) is 27.4 Å². The van der Waals surface area contributed by atoms with Crippen molar-refractivity contribution in [3.05, 3.63) is 66.2 Å². The first-order valence-electron chi connectivity index (χ1n) is 24.5. The Labute approximate surface area is 406 Å². The Morgan fingerprint density at radius 3 is 1.16 bits per heavy atom. The first-order chi connectivity index (χ1) is 33.5. The van der Waals surface area contributed by atoms with Crippen LogP contribution in [0.3, 0.4) is 0 Å². The van der Waals surface area contributed by atoms with E-state index in [0.717, 1.165) is 72.6 Å². The van der Waals surface area contributed by atoms with Crippen molar-refractivity contribution in [1.29, 1.82) is 0 Å². The summed E-state index contributed by atoms with van der Waals surface area (Å²) < 4.78 is 79.1. The normalized spacial score (nSPS) is 24.2. The fourth-order valence-electron chi connectivity index (χ4n) is 8.05. The molecule has 2 aliphatic rings. The van der Waals surface area contributed by atoms with E-state index in [1.54, 1.807) is 0 Å². The van der Waals surface area contributed by atoms with Gasteiger partial charge in [0.15, 0.2) is 37.0 Å². The van der Waals surface area contributed by atoms with Gasteiger partial charge in [0.05, 0.1) is 13.2 Å². The van der Waals surface area contributed by atoms with E-state index in [2.05, 4.69) is 9.97 Å². The number of unbranched alkanes of at least 4 members (excludes halogenated alkanes) is 8. The molecule has 20 nitrogen and oxygen atoms in total. The highest BCUT2D eigenvalue weighted by Crippen LogP contribution is 2.39. The summed E-state index contributed by atoms with van der Waals surface area (Å²) in [4.78, 5) is 101. The number of carbonyl (C=O) groups is 4. The van der Waals surface area contributed by atoms with Gasteiger partial charge < -0.3 is 47.0 Å². The third kappa shape index (κ3) is 18.3. The smallest absolute Gasteiger partial charge is 0.328 e. The molecule has 2 aromatic heterocycles. The molecule has 0 amide bonds. The summed E-state index contributed by atoms with van der Waals surface area (Å²) >= 11 is 0. The summed E-state index contributed by atoms with van der Waals surface area (Å²) in [5.41, 5.74) is -7.44. The fraction of sp³-hybridized carbons (Fsp3) is 0.750. The maximum absolute atomic E-state index is 16.6. The van der Waals surface area contributed by atoms with Crippen molar-refractivity contribution >= 4 is 23.9 Å². The molecule has 0 aliphatic carbocycles. The number of aryl methyl sites for hydroxylation is 2. The second-order valence-corrected chi connectivity index (χ2v) is 17.5. The summed E-state index contributed by atoms with van der Waals surface area (Å²) in [6.07, 6.45) is 3.42. The van der Waals surface area contributed by atoms with Crippen molar-refractivity contribution < 1.29 is 65.9 Å². The van der Waals surface area contributed by atoms with E-state index in [1.807, 2.05) is 27.7 Å². The molecule has 2 fully saturated rings. The SMILES string of the molecule is CCCCCC(=O)O[C@@H]1[C@H](OC(=O)CCCCC)CO[C@@H](OC)[C@@]1(F)CCn1ccc(=O)[nH]c1=O.CCCCCC(=O)O[C@@H]1[C@H](OC(=O)CCCCC)CO[C@H](OC)[C@@]1(F)CCn1ccc(=O)[nH]c1=O. The molecule has 0 spiro atoms. The van der Waals surface area contributed by atoms with Crippen molar-refractivity contribution in [2.45, 2.75) is 205 Å². The van der Waals surface area contributed by atoms with Gasteiger partial charge >= 0.3 is 35.3 Å². The van der Waals surface area contributed by atoms with Gasteiger partial charge in [0, 0.05) is 90.4 Å². The Morgan fingerprint density at radius 2 is 0.871 bits per heavy atom. The molecular formula is C48H74F2N4O16. The summed E-state index contributed by atoms with van der Waals surface area (Å²) in [6.45, 7) is 7.23. The van der Waals surface area contributed by atoms with E-state index in [1.165, 1.54) is 26.6 Å². The summed E-state index contributed by atoms with van der Waals surface area (Å²) in [5, 5.41) is 0. The molecule has 4 heterocycles. The number of ether oxygens (including phenoxy) is 8. The number of nitrogens with zero attached hydrogens (tertiary/aromatic N) is 2. The first-order valence-corrected chi connectivity index (χ1v) is 24.5. The highest BCUT2D eigenvalue weighted by molar-refractivity contribution is 5.71. The minimum absolute atomic E-state index is 0.0927.